The van der Waals surface area contributed by atoms with Gasteiger partial charge in [0.25, 0.3) is 0 Å². The molecule has 4 amide bonds. The van der Waals surface area contributed by atoms with Gasteiger partial charge in [-0.2, -0.15) is 0 Å². The van der Waals surface area contributed by atoms with Gasteiger partial charge >= 0.3 is 12.2 Å². The molecule has 0 aliphatic carbocycles. The first-order valence-corrected chi connectivity index (χ1v) is 20.2. The molecule has 4 heterocycles. The van der Waals surface area contributed by atoms with Crippen LogP contribution in [0.1, 0.15) is 88.2 Å². The molecule has 4 N–H and O–H groups in total. The van der Waals surface area contributed by atoms with Gasteiger partial charge in [-0.05, 0) is 109 Å². The van der Waals surface area contributed by atoms with Crippen molar-refractivity contribution in [3.05, 3.63) is 71.3 Å². The highest BCUT2D eigenvalue weighted by molar-refractivity contribution is 5.90. The molecule has 0 radical (unpaired) electrons. The Bertz CT molecular complexity index is 2180. The van der Waals surface area contributed by atoms with Crippen LogP contribution in [-0.2, 0) is 19.1 Å². The number of aromatic amines is 2. The third-order valence-corrected chi connectivity index (χ3v) is 11.6. The van der Waals surface area contributed by atoms with Crippen LogP contribution in [0.2, 0.25) is 0 Å². The van der Waals surface area contributed by atoms with Crippen molar-refractivity contribution in [2.24, 2.45) is 11.8 Å². The fourth-order valence-electron chi connectivity index (χ4n) is 8.51. The highest BCUT2D eigenvalue weighted by atomic mass is 16.5. The van der Waals surface area contributed by atoms with Gasteiger partial charge in [-0.3, -0.25) is 9.59 Å². The molecule has 14 nitrogen and oxygen atoms in total. The van der Waals surface area contributed by atoms with Crippen LogP contribution in [0.25, 0.3) is 44.3 Å². The Kier molecular flexibility index (Phi) is 11.5. The van der Waals surface area contributed by atoms with Gasteiger partial charge in [0.2, 0.25) is 11.8 Å². The van der Waals surface area contributed by atoms with E-state index >= 15 is 0 Å². The van der Waals surface area contributed by atoms with Crippen LogP contribution >= 0.6 is 0 Å². The SMILES string of the molecule is COC(=O)N[C@H](C(=O)N1CCC[C@@H]1c1nc2c(C)cc(-c3ccc(-c4cc(C)c5nc([C@@H]6CCCN6C(=O)[C@@H](NC(=O)OC)C(C)C)[nH]c5c4)cc3)cc2[nH]1)C(C)C. The standard InChI is InChI=1S/C44H54N8O6/c1-23(2)35(49-43(55)57-7)41(53)51-17-9-11-33(51)39-45-31-21-29(19-25(5)37(31)47-39)27-13-15-28(16-14-27)30-20-26(6)38-32(22-30)46-40(48-38)34-12-10-18-52(34)42(54)36(24(3)4)50-44(56)58-8/h13-16,19-24,33-36H,9-12,17-18H2,1-8H3,(H,45,47)(H,46,48)(H,49,55)(H,50,56)/t33-,34+,35-,36-/m0/s1. The molecule has 2 aromatic heterocycles. The Morgan fingerprint density at radius 2 is 1.02 bits per heavy atom. The van der Waals surface area contributed by atoms with Gasteiger partial charge in [-0.15, -0.1) is 0 Å². The van der Waals surface area contributed by atoms with Crippen LogP contribution in [0.4, 0.5) is 9.59 Å². The van der Waals surface area contributed by atoms with Crippen molar-refractivity contribution in [2.45, 2.75) is 91.4 Å². The summed E-state index contributed by atoms with van der Waals surface area (Å²) < 4.78 is 9.57. The summed E-state index contributed by atoms with van der Waals surface area (Å²) in [7, 11) is 2.59. The zero-order valence-corrected chi connectivity index (χ0v) is 34.6. The number of nitrogens with zero attached hydrogens (tertiary/aromatic N) is 4. The number of carbonyl (C=O) groups is 4. The van der Waals surface area contributed by atoms with E-state index in [1.54, 1.807) is 0 Å². The Labute approximate surface area is 338 Å². The van der Waals surface area contributed by atoms with Crippen LogP contribution in [0.15, 0.2) is 48.5 Å². The number of H-pyrrole nitrogens is 2. The van der Waals surface area contributed by atoms with Crippen molar-refractivity contribution in [3.8, 4) is 22.3 Å². The van der Waals surface area contributed by atoms with Crippen LogP contribution in [0.3, 0.4) is 0 Å². The maximum Gasteiger partial charge on any atom is 0.407 e. The number of aryl methyl sites for hydroxylation is 2. The zero-order valence-electron chi connectivity index (χ0n) is 34.6. The third kappa shape index (κ3) is 7.84. The first-order valence-electron chi connectivity index (χ1n) is 20.2. The van der Waals surface area contributed by atoms with E-state index in [9.17, 15) is 19.2 Å². The second-order valence-electron chi connectivity index (χ2n) is 16.3. The van der Waals surface area contributed by atoms with Crippen molar-refractivity contribution in [3.63, 3.8) is 0 Å². The number of ether oxygens (including phenoxy) is 2. The number of imidazole rings is 2. The summed E-state index contributed by atoms with van der Waals surface area (Å²) in [5, 5.41) is 5.43. The molecule has 2 aliphatic heterocycles. The number of hydrogen-bond acceptors (Lipinski definition) is 8. The minimum atomic E-state index is -0.696. The number of fused-ring (bicyclic) bond motifs is 2. The second-order valence-corrected chi connectivity index (χ2v) is 16.3. The average Bonchev–Trinajstić information content (AvgIpc) is 4.04. The van der Waals surface area contributed by atoms with Gasteiger partial charge in [-0.1, -0.05) is 52.0 Å². The number of likely N-dealkylation sites (tertiary alicyclic amines) is 2. The molecule has 2 saturated heterocycles. The molecule has 0 spiro atoms. The first-order chi connectivity index (χ1) is 27.8. The molecule has 5 aromatic rings. The lowest BCUT2D eigenvalue weighted by Gasteiger charge is -2.29. The van der Waals surface area contributed by atoms with Crippen molar-refractivity contribution < 1.29 is 28.7 Å². The van der Waals surface area contributed by atoms with Crippen LogP contribution < -0.4 is 10.6 Å². The van der Waals surface area contributed by atoms with E-state index < -0.39 is 24.3 Å². The van der Waals surface area contributed by atoms with E-state index in [0.29, 0.717) is 13.1 Å². The van der Waals surface area contributed by atoms with Crippen LogP contribution in [0, 0.1) is 25.7 Å². The predicted octanol–water partition coefficient (Wildman–Crippen LogP) is 7.48. The molecule has 7 rings (SSSR count). The van der Waals surface area contributed by atoms with Gasteiger partial charge in [0.05, 0.1) is 48.4 Å². The molecular weight excluding hydrogens is 737 g/mol. The van der Waals surface area contributed by atoms with E-state index in [-0.39, 0.29) is 35.7 Å². The normalized spacial score (nSPS) is 18.0. The zero-order chi connectivity index (χ0) is 41.4. The lowest BCUT2D eigenvalue weighted by Crippen LogP contribution is -2.51. The van der Waals surface area contributed by atoms with Gasteiger partial charge in [0, 0.05) is 13.1 Å². The highest BCUT2D eigenvalue weighted by Crippen LogP contribution is 2.37. The van der Waals surface area contributed by atoms with Gasteiger partial charge in [0.1, 0.15) is 23.7 Å². The summed E-state index contributed by atoms with van der Waals surface area (Å²) in [6.07, 6.45) is 2.00. The number of aromatic nitrogens is 4. The Balaban J connectivity index is 1.10. The third-order valence-electron chi connectivity index (χ3n) is 11.6. The van der Waals surface area contributed by atoms with Crippen LogP contribution in [0.5, 0.6) is 0 Å². The summed E-state index contributed by atoms with van der Waals surface area (Å²) in [6, 6.07) is 15.2. The van der Waals surface area contributed by atoms with E-state index in [2.05, 4.69) is 83.0 Å². The molecule has 0 saturated carbocycles. The van der Waals surface area contributed by atoms with Crippen molar-refractivity contribution in [1.82, 2.24) is 40.4 Å². The smallest absolute Gasteiger partial charge is 0.407 e. The van der Waals surface area contributed by atoms with E-state index in [1.807, 2.05) is 37.5 Å². The summed E-state index contributed by atoms with van der Waals surface area (Å²) in [5.41, 5.74) is 9.82. The molecule has 2 aliphatic rings. The minimum Gasteiger partial charge on any atom is -0.453 e. The fraction of sp³-hybridized carbons (Fsp3) is 0.455. The van der Waals surface area contributed by atoms with E-state index in [4.69, 9.17) is 19.4 Å². The molecule has 2 fully saturated rings. The quantitative estimate of drug-likeness (QED) is 0.113. The Morgan fingerprint density at radius 1 is 0.638 bits per heavy atom. The lowest BCUT2D eigenvalue weighted by atomic mass is 9.97. The molecule has 0 unspecified atom stereocenters. The molecule has 14 heteroatoms. The number of carbonyl (C=O) groups excluding carboxylic acids is 4. The fourth-order valence-corrected chi connectivity index (χ4v) is 8.51. The molecule has 3 aromatic carbocycles. The van der Waals surface area contributed by atoms with Crippen molar-refractivity contribution in [2.75, 3.05) is 27.3 Å². The summed E-state index contributed by atoms with van der Waals surface area (Å²) in [4.78, 5) is 72.2. The van der Waals surface area contributed by atoms with Crippen molar-refractivity contribution in [1.29, 1.82) is 0 Å². The number of amides is 4. The molecular formula is C44H54N8O6. The van der Waals surface area contributed by atoms with Gasteiger partial charge < -0.3 is 39.9 Å². The predicted molar refractivity (Wildman–Crippen MR) is 222 cm³/mol. The van der Waals surface area contributed by atoms with Gasteiger partial charge in [0.15, 0.2) is 0 Å². The second kappa shape index (κ2) is 16.5. The molecule has 58 heavy (non-hydrogen) atoms. The number of methoxy groups -OCH3 is 2. The van der Waals surface area contributed by atoms with Crippen molar-refractivity contribution >= 4 is 46.1 Å². The van der Waals surface area contributed by atoms with Gasteiger partial charge in [-0.25, -0.2) is 19.6 Å². The summed E-state index contributed by atoms with van der Waals surface area (Å²) in [6.45, 7) is 12.9. The van der Waals surface area contributed by atoms with Crippen LogP contribution in [-0.4, -0.2) is 93.1 Å². The Morgan fingerprint density at radius 3 is 1.36 bits per heavy atom. The minimum absolute atomic E-state index is 0.112. The maximum atomic E-state index is 13.7. The number of alkyl carbamates (subject to hydrolysis) is 2. The largest absolute Gasteiger partial charge is 0.453 e. The molecule has 0 bridgehead atoms. The topological polar surface area (TPSA) is 175 Å². The lowest BCUT2D eigenvalue weighted by molar-refractivity contribution is -0.136. The number of rotatable bonds is 10. The number of hydrogen-bond donors (Lipinski definition) is 4. The van der Waals surface area contributed by atoms with E-state index in [0.717, 1.165) is 92.8 Å². The number of benzene rings is 3. The summed E-state index contributed by atoms with van der Waals surface area (Å²) >= 11 is 0. The first kappa shape index (κ1) is 40.3. The average molecular weight is 791 g/mol. The number of nitrogens with one attached hydrogen (secondary N) is 4. The Hall–Kier alpha value is -5.92. The van der Waals surface area contributed by atoms with E-state index in [1.165, 1.54) is 14.2 Å². The summed E-state index contributed by atoms with van der Waals surface area (Å²) in [5.74, 6) is 0.988. The molecule has 4 atom stereocenters. The molecule has 306 valence electrons. The highest BCUT2D eigenvalue weighted by Gasteiger charge is 2.39. The maximum absolute atomic E-state index is 13.7. The monoisotopic (exact) mass is 790 g/mol.